The topological polar surface area (TPSA) is 83.5 Å². The fourth-order valence-corrected chi connectivity index (χ4v) is 2.96. The highest BCUT2D eigenvalue weighted by atomic mass is 33.1. The number of carboxylic acids is 1. The van der Waals surface area contributed by atoms with Gasteiger partial charge in [-0.25, -0.2) is 0 Å². The molecular formula is C8H17NO3S2. The number of nitrogens with two attached hydrogens (primary N) is 1. The first-order chi connectivity index (χ1) is 6.68. The summed E-state index contributed by atoms with van der Waals surface area (Å²) in [7, 11) is 3.14. The Balaban J connectivity index is 3.09. The maximum atomic E-state index is 10.3. The molecule has 0 heterocycles. The third-order valence-electron chi connectivity index (χ3n) is 1.53. The zero-order valence-corrected chi connectivity index (χ0v) is 9.65. The number of carboxylic acid groups (broad SMARTS) is 1. The Morgan fingerprint density at radius 1 is 1.29 bits per heavy atom. The van der Waals surface area contributed by atoms with Gasteiger partial charge in [0.25, 0.3) is 0 Å². The van der Waals surface area contributed by atoms with Gasteiger partial charge in [0, 0.05) is 18.1 Å². The number of aliphatic hydroxyl groups is 1. The molecule has 0 saturated carbocycles. The van der Waals surface area contributed by atoms with E-state index in [9.17, 15) is 4.79 Å². The van der Waals surface area contributed by atoms with Crippen LogP contribution in [0.25, 0.3) is 0 Å². The summed E-state index contributed by atoms with van der Waals surface area (Å²) in [6.45, 7) is 0.252. The SMILES string of the molecule is NC(CSSCCCCCO)C(=O)O. The zero-order valence-electron chi connectivity index (χ0n) is 8.02. The highest BCUT2D eigenvalue weighted by molar-refractivity contribution is 8.76. The first-order valence-electron chi connectivity index (χ1n) is 4.52. The second-order valence-corrected chi connectivity index (χ2v) is 5.46. The van der Waals surface area contributed by atoms with Crippen molar-refractivity contribution in [2.45, 2.75) is 25.3 Å². The molecular weight excluding hydrogens is 222 g/mol. The van der Waals surface area contributed by atoms with Crippen molar-refractivity contribution >= 4 is 27.6 Å². The van der Waals surface area contributed by atoms with Gasteiger partial charge in [0.1, 0.15) is 6.04 Å². The van der Waals surface area contributed by atoms with Gasteiger partial charge in [0.2, 0.25) is 0 Å². The van der Waals surface area contributed by atoms with Crippen LogP contribution in [0.3, 0.4) is 0 Å². The van der Waals surface area contributed by atoms with E-state index in [2.05, 4.69) is 0 Å². The summed E-state index contributed by atoms with van der Waals surface area (Å²) >= 11 is 0. The van der Waals surface area contributed by atoms with Gasteiger partial charge in [-0.1, -0.05) is 28.0 Å². The molecule has 4 nitrogen and oxygen atoms in total. The van der Waals surface area contributed by atoms with Crippen molar-refractivity contribution < 1.29 is 15.0 Å². The molecule has 14 heavy (non-hydrogen) atoms. The Morgan fingerprint density at radius 2 is 2.00 bits per heavy atom. The lowest BCUT2D eigenvalue weighted by atomic mass is 10.3. The fourth-order valence-electron chi connectivity index (χ4n) is 0.701. The minimum atomic E-state index is -0.946. The Morgan fingerprint density at radius 3 is 2.57 bits per heavy atom. The van der Waals surface area contributed by atoms with E-state index in [1.165, 1.54) is 10.8 Å². The summed E-state index contributed by atoms with van der Waals surface area (Å²) in [5, 5.41) is 17.0. The number of carbonyl (C=O) groups is 1. The Hall–Kier alpha value is 0.0900. The molecule has 0 bridgehead atoms. The third-order valence-corrected chi connectivity index (χ3v) is 4.06. The minimum Gasteiger partial charge on any atom is -0.480 e. The molecule has 6 heteroatoms. The van der Waals surface area contributed by atoms with Gasteiger partial charge in [-0.05, 0) is 12.8 Å². The average Bonchev–Trinajstić information content (AvgIpc) is 2.16. The Kier molecular flexibility index (Phi) is 9.70. The lowest BCUT2D eigenvalue weighted by Crippen LogP contribution is -2.32. The molecule has 0 amide bonds. The number of rotatable bonds is 9. The molecule has 0 aromatic carbocycles. The summed E-state index contributed by atoms with van der Waals surface area (Å²) in [5.74, 6) is 0.482. The number of aliphatic hydroxyl groups excluding tert-OH is 1. The van der Waals surface area contributed by atoms with Gasteiger partial charge in [0.15, 0.2) is 0 Å². The van der Waals surface area contributed by atoms with Gasteiger partial charge in [-0.15, -0.1) is 0 Å². The van der Waals surface area contributed by atoms with Gasteiger partial charge in [-0.3, -0.25) is 4.79 Å². The normalized spacial score (nSPS) is 12.7. The molecule has 1 atom stereocenters. The maximum absolute atomic E-state index is 10.3. The zero-order chi connectivity index (χ0) is 10.8. The van der Waals surface area contributed by atoms with E-state index in [0.717, 1.165) is 25.0 Å². The standard InChI is InChI=1S/C8H17NO3S2/c9-7(8(11)12)6-14-13-5-3-1-2-4-10/h7,10H,1-6,9H2,(H,11,12). The van der Waals surface area contributed by atoms with Crippen LogP contribution in [-0.2, 0) is 4.79 Å². The number of unbranched alkanes of at least 4 members (excludes halogenated alkanes) is 2. The maximum Gasteiger partial charge on any atom is 0.321 e. The van der Waals surface area contributed by atoms with Crippen molar-refractivity contribution in [1.82, 2.24) is 0 Å². The molecule has 1 unspecified atom stereocenters. The van der Waals surface area contributed by atoms with Gasteiger partial charge in [0.05, 0.1) is 0 Å². The third kappa shape index (κ3) is 8.68. The van der Waals surface area contributed by atoms with Crippen LogP contribution in [0.15, 0.2) is 0 Å². The van der Waals surface area contributed by atoms with E-state index < -0.39 is 12.0 Å². The second kappa shape index (κ2) is 9.64. The Bertz CT molecular complexity index is 158. The van der Waals surface area contributed by atoms with Crippen LogP contribution in [0.5, 0.6) is 0 Å². The van der Waals surface area contributed by atoms with Crippen LogP contribution < -0.4 is 5.73 Å². The molecule has 0 fully saturated rings. The smallest absolute Gasteiger partial charge is 0.321 e. The number of hydrogen-bond acceptors (Lipinski definition) is 5. The first kappa shape index (κ1) is 14.1. The molecule has 0 rings (SSSR count). The molecule has 0 aromatic rings. The van der Waals surface area contributed by atoms with E-state index >= 15 is 0 Å². The van der Waals surface area contributed by atoms with E-state index in [1.54, 1.807) is 10.8 Å². The van der Waals surface area contributed by atoms with Crippen molar-refractivity contribution in [1.29, 1.82) is 0 Å². The number of hydrogen-bond donors (Lipinski definition) is 3. The average molecular weight is 239 g/mol. The largest absolute Gasteiger partial charge is 0.480 e. The predicted octanol–water partition coefficient (Wildman–Crippen LogP) is 0.942. The first-order valence-corrected chi connectivity index (χ1v) is 7.01. The molecule has 0 spiro atoms. The van der Waals surface area contributed by atoms with Crippen LogP contribution in [0.4, 0.5) is 0 Å². The quantitative estimate of drug-likeness (QED) is 0.410. The number of aliphatic carboxylic acids is 1. The molecule has 0 saturated heterocycles. The van der Waals surface area contributed by atoms with Gasteiger partial charge >= 0.3 is 5.97 Å². The Labute approximate surface area is 92.0 Å². The molecule has 0 aliphatic heterocycles. The molecule has 0 aromatic heterocycles. The summed E-state index contributed by atoms with van der Waals surface area (Å²) < 4.78 is 0. The fraction of sp³-hybridized carbons (Fsp3) is 0.875. The summed E-state index contributed by atoms with van der Waals surface area (Å²) in [4.78, 5) is 10.3. The van der Waals surface area contributed by atoms with Crippen LogP contribution in [0.1, 0.15) is 19.3 Å². The predicted molar refractivity (Wildman–Crippen MR) is 61.5 cm³/mol. The second-order valence-electron chi connectivity index (χ2n) is 2.84. The van der Waals surface area contributed by atoms with Gasteiger partial charge < -0.3 is 15.9 Å². The molecule has 0 aliphatic carbocycles. The van der Waals surface area contributed by atoms with Crippen LogP contribution in [0, 0.1) is 0 Å². The van der Waals surface area contributed by atoms with Crippen molar-refractivity contribution in [3.63, 3.8) is 0 Å². The molecule has 84 valence electrons. The molecule has 0 aliphatic rings. The highest BCUT2D eigenvalue weighted by Gasteiger charge is 2.10. The summed E-state index contributed by atoms with van der Waals surface area (Å²) in [6, 6.07) is -0.759. The monoisotopic (exact) mass is 239 g/mol. The van der Waals surface area contributed by atoms with E-state index in [1.807, 2.05) is 0 Å². The van der Waals surface area contributed by atoms with Crippen molar-refractivity contribution in [2.24, 2.45) is 5.73 Å². The molecule has 0 radical (unpaired) electrons. The van der Waals surface area contributed by atoms with Crippen molar-refractivity contribution in [2.75, 3.05) is 18.1 Å². The minimum absolute atomic E-state index is 0.252. The van der Waals surface area contributed by atoms with E-state index in [4.69, 9.17) is 15.9 Å². The van der Waals surface area contributed by atoms with E-state index in [-0.39, 0.29) is 6.61 Å². The van der Waals surface area contributed by atoms with Crippen molar-refractivity contribution in [3.8, 4) is 0 Å². The summed E-state index contributed by atoms with van der Waals surface area (Å²) in [5.41, 5.74) is 5.31. The highest BCUT2D eigenvalue weighted by Crippen LogP contribution is 2.23. The molecule has 4 N–H and O–H groups in total. The van der Waals surface area contributed by atoms with E-state index in [0.29, 0.717) is 5.75 Å². The van der Waals surface area contributed by atoms with Crippen molar-refractivity contribution in [3.05, 3.63) is 0 Å². The van der Waals surface area contributed by atoms with Crippen LogP contribution in [0.2, 0.25) is 0 Å². The van der Waals surface area contributed by atoms with Crippen LogP contribution in [-0.4, -0.2) is 40.3 Å². The summed E-state index contributed by atoms with van der Waals surface area (Å²) in [6.07, 6.45) is 2.93. The lowest BCUT2D eigenvalue weighted by Gasteiger charge is -2.04. The van der Waals surface area contributed by atoms with Gasteiger partial charge in [-0.2, -0.15) is 0 Å². The lowest BCUT2D eigenvalue weighted by molar-refractivity contribution is -0.137. The van der Waals surface area contributed by atoms with Crippen LogP contribution >= 0.6 is 21.6 Å².